The first-order chi connectivity index (χ1) is 19.0. The molecule has 1 aliphatic carbocycles. The molecule has 0 radical (unpaired) electrons. The molecule has 4 aromatic rings. The van der Waals surface area contributed by atoms with E-state index in [2.05, 4.69) is 53.5 Å². The molecule has 15 heteroatoms. The highest BCUT2D eigenvalue weighted by molar-refractivity contribution is 14.1. The zero-order valence-corrected chi connectivity index (χ0v) is 23.8. The van der Waals surface area contributed by atoms with Crippen molar-refractivity contribution in [2.45, 2.75) is 32.5 Å². The fourth-order valence-corrected chi connectivity index (χ4v) is 4.91. The van der Waals surface area contributed by atoms with Crippen LogP contribution in [-0.2, 0) is 12.7 Å². The number of pyridine rings is 1. The quantitative estimate of drug-likeness (QED) is 0.256. The summed E-state index contributed by atoms with van der Waals surface area (Å²) in [7, 11) is 0. The number of rotatable bonds is 8. The molecule has 2 amide bonds. The fraction of sp³-hybridized carbons (Fsp3) is 0.280. The molecular weight excluding hydrogens is 664 g/mol. The third kappa shape index (κ3) is 6.27. The van der Waals surface area contributed by atoms with Crippen molar-refractivity contribution in [2.75, 3.05) is 11.9 Å². The standard InChI is InChI=1S/C25H21ClF3IN8O2/c1-13-7-15(30)8-17(23(39)32-10-14-4-5-14)21(13)34-24(40)19-9-16(12-37-33-11-20(36-37)25(27,28)29)35-38(19)22-18(26)3-2-6-31-22/h2-3,6-9,11,14H,4-5,10,12H2,1H3,(H,32,39)(H,34,40). The first kappa shape index (κ1) is 28.0. The van der Waals surface area contributed by atoms with Gasteiger partial charge >= 0.3 is 6.18 Å². The van der Waals surface area contributed by atoms with E-state index in [0.717, 1.165) is 21.2 Å². The number of halogens is 5. The molecule has 10 nitrogen and oxygen atoms in total. The van der Waals surface area contributed by atoms with Crippen molar-refractivity contribution in [1.29, 1.82) is 0 Å². The van der Waals surface area contributed by atoms with E-state index in [1.165, 1.54) is 16.9 Å². The number of hydrogen-bond donors (Lipinski definition) is 2. The van der Waals surface area contributed by atoms with Crippen molar-refractivity contribution >= 4 is 51.7 Å². The van der Waals surface area contributed by atoms with Gasteiger partial charge in [0.15, 0.2) is 11.5 Å². The van der Waals surface area contributed by atoms with E-state index >= 15 is 0 Å². The average Bonchev–Trinajstić information content (AvgIpc) is 3.43. The number of aryl methyl sites for hydroxylation is 1. The van der Waals surface area contributed by atoms with Gasteiger partial charge in [-0.2, -0.15) is 28.2 Å². The number of amides is 2. The van der Waals surface area contributed by atoms with E-state index in [-0.39, 0.29) is 34.7 Å². The Morgan fingerprint density at radius 2 is 1.95 bits per heavy atom. The number of aromatic nitrogens is 6. The van der Waals surface area contributed by atoms with Crippen molar-refractivity contribution < 1.29 is 22.8 Å². The summed E-state index contributed by atoms with van der Waals surface area (Å²) < 4.78 is 41.0. The number of alkyl halides is 3. The van der Waals surface area contributed by atoms with Gasteiger partial charge in [0, 0.05) is 16.3 Å². The number of carbonyl (C=O) groups is 2. The summed E-state index contributed by atoms with van der Waals surface area (Å²) in [5.74, 6) is -0.341. The zero-order valence-electron chi connectivity index (χ0n) is 20.8. The third-order valence-electron chi connectivity index (χ3n) is 6.09. The second-order valence-electron chi connectivity index (χ2n) is 9.25. The summed E-state index contributed by atoms with van der Waals surface area (Å²) in [5, 5.41) is 17.4. The summed E-state index contributed by atoms with van der Waals surface area (Å²) in [4.78, 5) is 31.7. The molecular formula is C25H21ClF3IN8O2. The van der Waals surface area contributed by atoms with Crippen molar-refractivity contribution in [3.63, 3.8) is 0 Å². The topological polar surface area (TPSA) is 120 Å². The fourth-order valence-electron chi connectivity index (χ4n) is 3.93. The summed E-state index contributed by atoms with van der Waals surface area (Å²) in [6.07, 6.45) is -0.444. The van der Waals surface area contributed by atoms with Gasteiger partial charge in [0.1, 0.15) is 12.2 Å². The SMILES string of the molecule is Cc1cc(I)cc(C(=O)NCC2CC2)c1NC(=O)c1cc(Cn2ncc(C(F)(F)F)n2)nn1-c1ncccc1Cl. The van der Waals surface area contributed by atoms with Gasteiger partial charge in [0.25, 0.3) is 11.8 Å². The molecule has 0 atom stereocenters. The predicted molar refractivity (Wildman–Crippen MR) is 147 cm³/mol. The van der Waals surface area contributed by atoms with Crippen LogP contribution in [0.3, 0.4) is 0 Å². The third-order valence-corrected chi connectivity index (χ3v) is 7.01. The highest BCUT2D eigenvalue weighted by Crippen LogP contribution is 2.30. The molecule has 0 unspecified atom stereocenters. The van der Waals surface area contributed by atoms with Crippen LogP contribution in [0.1, 0.15) is 50.6 Å². The first-order valence-corrected chi connectivity index (χ1v) is 13.5. The molecule has 1 saturated carbocycles. The van der Waals surface area contributed by atoms with Crippen LogP contribution in [0, 0.1) is 16.4 Å². The summed E-state index contributed by atoms with van der Waals surface area (Å²) in [5.41, 5.74) is 0.308. The second-order valence-corrected chi connectivity index (χ2v) is 10.9. The molecule has 0 spiro atoms. The van der Waals surface area contributed by atoms with Gasteiger partial charge in [-0.1, -0.05) is 11.6 Å². The van der Waals surface area contributed by atoms with Crippen molar-refractivity contribution in [3.05, 3.63) is 79.5 Å². The van der Waals surface area contributed by atoms with Gasteiger partial charge in [-0.05, 0) is 84.2 Å². The van der Waals surface area contributed by atoms with Crippen LogP contribution >= 0.6 is 34.2 Å². The summed E-state index contributed by atoms with van der Waals surface area (Å²) >= 11 is 8.43. The number of anilines is 1. The average molecular weight is 685 g/mol. The predicted octanol–water partition coefficient (Wildman–Crippen LogP) is 4.88. The van der Waals surface area contributed by atoms with Crippen LogP contribution in [-0.4, -0.2) is 48.1 Å². The summed E-state index contributed by atoms with van der Waals surface area (Å²) in [6.45, 7) is 2.07. The van der Waals surface area contributed by atoms with Gasteiger partial charge in [-0.3, -0.25) is 9.59 Å². The number of carbonyl (C=O) groups excluding carboxylic acids is 2. The van der Waals surface area contributed by atoms with Gasteiger partial charge in [0.2, 0.25) is 0 Å². The van der Waals surface area contributed by atoms with Gasteiger partial charge in [-0.15, -0.1) is 5.10 Å². The largest absolute Gasteiger partial charge is 0.436 e. The van der Waals surface area contributed by atoms with Gasteiger partial charge in [0.05, 0.1) is 28.2 Å². The Hall–Kier alpha value is -3.53. The molecule has 5 rings (SSSR count). The van der Waals surface area contributed by atoms with Crippen LogP contribution in [0.2, 0.25) is 5.02 Å². The van der Waals surface area contributed by atoms with Gasteiger partial charge < -0.3 is 10.6 Å². The first-order valence-electron chi connectivity index (χ1n) is 12.1. The molecule has 0 saturated heterocycles. The molecule has 0 bridgehead atoms. The maximum Gasteiger partial charge on any atom is 0.436 e. The number of nitrogens with one attached hydrogen (secondary N) is 2. The van der Waals surface area contributed by atoms with E-state index in [0.29, 0.717) is 35.5 Å². The van der Waals surface area contributed by atoms with Crippen LogP contribution in [0.25, 0.3) is 5.82 Å². The van der Waals surface area contributed by atoms with E-state index in [9.17, 15) is 22.8 Å². The van der Waals surface area contributed by atoms with E-state index in [4.69, 9.17) is 11.6 Å². The molecule has 0 aliphatic heterocycles. The normalized spacial score (nSPS) is 13.3. The van der Waals surface area contributed by atoms with E-state index < -0.39 is 17.8 Å². The molecule has 40 heavy (non-hydrogen) atoms. The van der Waals surface area contributed by atoms with Crippen molar-refractivity contribution in [2.24, 2.45) is 5.92 Å². The molecule has 208 valence electrons. The lowest BCUT2D eigenvalue weighted by molar-refractivity contribution is -0.141. The van der Waals surface area contributed by atoms with Gasteiger partial charge in [-0.25, -0.2) is 9.67 Å². The minimum absolute atomic E-state index is 0.0129. The monoisotopic (exact) mass is 684 g/mol. The lowest BCUT2D eigenvalue weighted by Crippen LogP contribution is -2.28. The molecule has 3 aromatic heterocycles. The maximum atomic E-state index is 13.6. The Balaban J connectivity index is 1.49. The molecule has 2 N–H and O–H groups in total. The number of nitrogens with zero attached hydrogens (tertiary/aromatic N) is 6. The van der Waals surface area contributed by atoms with Crippen LogP contribution < -0.4 is 10.6 Å². The van der Waals surface area contributed by atoms with Crippen LogP contribution in [0.4, 0.5) is 18.9 Å². The van der Waals surface area contributed by atoms with Crippen molar-refractivity contribution in [3.8, 4) is 5.82 Å². The molecule has 1 aromatic carbocycles. The lowest BCUT2D eigenvalue weighted by Gasteiger charge is -2.15. The Bertz CT molecular complexity index is 1600. The molecule has 1 aliphatic rings. The summed E-state index contributed by atoms with van der Waals surface area (Å²) in [6, 6.07) is 8.05. The van der Waals surface area contributed by atoms with E-state index in [1.807, 2.05) is 6.07 Å². The lowest BCUT2D eigenvalue weighted by atomic mass is 10.1. The molecule has 1 fully saturated rings. The highest BCUT2D eigenvalue weighted by atomic mass is 127. The Morgan fingerprint density at radius 3 is 2.62 bits per heavy atom. The minimum atomic E-state index is -4.65. The van der Waals surface area contributed by atoms with Crippen LogP contribution in [0.5, 0.6) is 0 Å². The Labute approximate surface area is 244 Å². The van der Waals surface area contributed by atoms with E-state index in [1.54, 1.807) is 25.1 Å². The number of hydrogen-bond acceptors (Lipinski definition) is 6. The highest BCUT2D eigenvalue weighted by Gasteiger charge is 2.34. The zero-order chi connectivity index (χ0) is 28.6. The smallest absolute Gasteiger partial charge is 0.352 e. The van der Waals surface area contributed by atoms with Crippen molar-refractivity contribution in [1.82, 2.24) is 35.1 Å². The minimum Gasteiger partial charge on any atom is -0.352 e. The second kappa shape index (κ2) is 11.2. The maximum absolute atomic E-state index is 13.6. The molecule has 3 heterocycles. The number of benzene rings is 1. The Morgan fingerprint density at radius 1 is 1.18 bits per heavy atom. The Kier molecular flexibility index (Phi) is 7.81. The van der Waals surface area contributed by atoms with Crippen LogP contribution in [0.15, 0.2) is 42.7 Å².